The van der Waals surface area contributed by atoms with Crippen LogP contribution < -0.4 is 15.9 Å². The summed E-state index contributed by atoms with van der Waals surface area (Å²) in [7, 11) is 0. The molecule has 3 aromatic rings. The van der Waals surface area contributed by atoms with Gasteiger partial charge in [-0.15, -0.1) is 0 Å². The van der Waals surface area contributed by atoms with Crippen LogP contribution in [0.5, 0.6) is 5.75 Å². The van der Waals surface area contributed by atoms with Gasteiger partial charge in [-0.05, 0) is 31.5 Å². The van der Waals surface area contributed by atoms with E-state index in [1.54, 1.807) is 26.0 Å². The Balaban J connectivity index is 2.33. The van der Waals surface area contributed by atoms with Crippen molar-refractivity contribution in [2.45, 2.75) is 19.4 Å². The molecule has 2 aromatic heterocycles. The average molecular weight is 330 g/mol. The molecule has 24 heavy (non-hydrogen) atoms. The molecule has 8 heteroatoms. The van der Waals surface area contributed by atoms with Gasteiger partial charge in [0.15, 0.2) is 11.6 Å². The van der Waals surface area contributed by atoms with Gasteiger partial charge < -0.3 is 25.1 Å². The SMILES string of the molecule is CC(C)(O)c1ccc2oc3nc(N)c(OC(=O)O)cc3c(=O)c2c1. The van der Waals surface area contributed by atoms with Crippen molar-refractivity contribution >= 4 is 34.0 Å². The van der Waals surface area contributed by atoms with Crippen molar-refractivity contribution in [3.63, 3.8) is 0 Å². The van der Waals surface area contributed by atoms with E-state index >= 15 is 0 Å². The number of carboxylic acid groups (broad SMARTS) is 1. The fraction of sp³-hybridized carbons (Fsp3) is 0.188. The fourth-order valence-corrected chi connectivity index (χ4v) is 2.33. The molecule has 0 atom stereocenters. The molecule has 0 unspecified atom stereocenters. The molecule has 8 nitrogen and oxygen atoms in total. The van der Waals surface area contributed by atoms with Crippen LogP contribution in [0.25, 0.3) is 22.1 Å². The molecule has 0 amide bonds. The lowest BCUT2D eigenvalue weighted by molar-refractivity contribution is 0.0787. The fourth-order valence-electron chi connectivity index (χ4n) is 2.33. The summed E-state index contributed by atoms with van der Waals surface area (Å²) < 4.78 is 10.1. The molecule has 0 spiro atoms. The number of ether oxygens (including phenoxy) is 1. The Hall–Kier alpha value is -3.13. The molecule has 3 rings (SSSR count). The first-order valence-electron chi connectivity index (χ1n) is 6.97. The number of nitrogen functional groups attached to an aromatic ring is 1. The molecule has 2 heterocycles. The minimum Gasteiger partial charge on any atom is -0.449 e. The van der Waals surface area contributed by atoms with Gasteiger partial charge in [-0.25, -0.2) is 4.79 Å². The monoisotopic (exact) mass is 330 g/mol. The Bertz CT molecular complexity index is 1030. The number of hydrogen-bond acceptors (Lipinski definition) is 7. The van der Waals surface area contributed by atoms with Crippen molar-refractivity contribution in [2.24, 2.45) is 0 Å². The maximum Gasteiger partial charge on any atom is 0.511 e. The summed E-state index contributed by atoms with van der Waals surface area (Å²) in [5, 5.41) is 19.0. The lowest BCUT2D eigenvalue weighted by Gasteiger charge is -2.17. The molecule has 0 saturated carbocycles. The number of benzene rings is 1. The minimum absolute atomic E-state index is 0.0286. The standard InChI is InChI=1S/C16H14N2O6/c1-16(2,22)7-3-4-10-8(5-7)12(19)9-6-11(24-15(20)21)13(17)18-14(9)23-10/h3-6,22H,1-2H3,(H2,17,18)(H,20,21). The van der Waals surface area contributed by atoms with E-state index in [0.29, 0.717) is 5.56 Å². The molecule has 0 fully saturated rings. The maximum absolute atomic E-state index is 12.7. The third-order valence-corrected chi connectivity index (χ3v) is 3.56. The summed E-state index contributed by atoms with van der Waals surface area (Å²) in [5.41, 5.74) is 4.84. The number of aromatic nitrogens is 1. The molecule has 0 bridgehead atoms. The van der Waals surface area contributed by atoms with Gasteiger partial charge in [0, 0.05) is 6.07 Å². The Kier molecular flexibility index (Phi) is 3.42. The predicted octanol–water partition coefficient (Wildman–Crippen LogP) is 2.21. The van der Waals surface area contributed by atoms with E-state index in [-0.39, 0.29) is 33.6 Å². The first-order chi connectivity index (χ1) is 11.2. The van der Waals surface area contributed by atoms with Crippen LogP contribution in [0.2, 0.25) is 0 Å². The highest BCUT2D eigenvalue weighted by molar-refractivity contribution is 5.90. The second-order valence-corrected chi connectivity index (χ2v) is 5.79. The Morgan fingerprint density at radius 2 is 2.00 bits per heavy atom. The van der Waals surface area contributed by atoms with Crippen molar-refractivity contribution in [1.29, 1.82) is 0 Å². The van der Waals surface area contributed by atoms with Gasteiger partial charge in [-0.3, -0.25) is 4.79 Å². The number of aliphatic hydroxyl groups is 1. The number of carbonyl (C=O) groups is 1. The third kappa shape index (κ3) is 2.63. The molecular formula is C16H14N2O6. The molecule has 4 N–H and O–H groups in total. The van der Waals surface area contributed by atoms with Gasteiger partial charge in [-0.1, -0.05) is 6.07 Å². The maximum atomic E-state index is 12.7. The highest BCUT2D eigenvalue weighted by Crippen LogP contribution is 2.28. The zero-order chi connectivity index (χ0) is 17.6. The van der Waals surface area contributed by atoms with Gasteiger partial charge in [-0.2, -0.15) is 4.98 Å². The zero-order valence-electron chi connectivity index (χ0n) is 12.9. The Morgan fingerprint density at radius 1 is 1.29 bits per heavy atom. The molecule has 0 aliphatic heterocycles. The van der Waals surface area contributed by atoms with E-state index in [1.807, 2.05) is 0 Å². The Morgan fingerprint density at radius 3 is 2.62 bits per heavy atom. The lowest BCUT2D eigenvalue weighted by Crippen LogP contribution is -2.16. The number of anilines is 1. The zero-order valence-corrected chi connectivity index (χ0v) is 12.9. The van der Waals surface area contributed by atoms with Crippen molar-refractivity contribution in [2.75, 3.05) is 5.73 Å². The minimum atomic E-state index is -1.57. The smallest absolute Gasteiger partial charge is 0.449 e. The number of fused-ring (bicyclic) bond motifs is 2. The number of pyridine rings is 1. The van der Waals surface area contributed by atoms with Crippen LogP contribution in [0.1, 0.15) is 19.4 Å². The summed E-state index contributed by atoms with van der Waals surface area (Å²) >= 11 is 0. The van der Waals surface area contributed by atoms with E-state index in [1.165, 1.54) is 12.1 Å². The highest BCUT2D eigenvalue weighted by Gasteiger charge is 2.19. The predicted molar refractivity (Wildman–Crippen MR) is 86.1 cm³/mol. The van der Waals surface area contributed by atoms with Crippen molar-refractivity contribution < 1.29 is 24.2 Å². The van der Waals surface area contributed by atoms with Crippen LogP contribution in [0, 0.1) is 0 Å². The van der Waals surface area contributed by atoms with Crippen LogP contribution in [0.4, 0.5) is 10.6 Å². The first-order valence-corrected chi connectivity index (χ1v) is 6.97. The Labute approximate surface area is 135 Å². The van der Waals surface area contributed by atoms with Crippen molar-refractivity contribution in [3.05, 3.63) is 40.1 Å². The van der Waals surface area contributed by atoms with Crippen molar-refractivity contribution in [1.82, 2.24) is 4.98 Å². The first kappa shape index (κ1) is 15.8. The molecule has 0 aliphatic carbocycles. The third-order valence-electron chi connectivity index (χ3n) is 3.56. The second kappa shape index (κ2) is 5.20. The van der Waals surface area contributed by atoms with E-state index in [2.05, 4.69) is 9.72 Å². The number of hydrogen-bond donors (Lipinski definition) is 3. The molecular weight excluding hydrogens is 316 g/mol. The summed E-state index contributed by atoms with van der Waals surface area (Å²) in [6, 6.07) is 5.90. The van der Waals surface area contributed by atoms with Crippen molar-refractivity contribution in [3.8, 4) is 5.75 Å². The van der Waals surface area contributed by atoms with Crippen LogP contribution >= 0.6 is 0 Å². The summed E-state index contributed by atoms with van der Waals surface area (Å²) in [6.45, 7) is 3.19. The van der Waals surface area contributed by atoms with E-state index in [9.17, 15) is 14.7 Å². The van der Waals surface area contributed by atoms with E-state index in [0.717, 1.165) is 0 Å². The van der Waals surface area contributed by atoms with Crippen LogP contribution in [0.15, 0.2) is 33.5 Å². The van der Waals surface area contributed by atoms with Gasteiger partial charge in [0.25, 0.3) is 0 Å². The van der Waals surface area contributed by atoms with Gasteiger partial charge in [0.2, 0.25) is 11.1 Å². The van der Waals surface area contributed by atoms with Gasteiger partial charge in [0.05, 0.1) is 16.4 Å². The summed E-state index contributed by atoms with van der Waals surface area (Å²) in [6.07, 6.45) is -1.57. The largest absolute Gasteiger partial charge is 0.511 e. The molecule has 0 saturated heterocycles. The number of rotatable bonds is 2. The topological polar surface area (TPSA) is 136 Å². The van der Waals surface area contributed by atoms with E-state index in [4.69, 9.17) is 15.3 Å². The average Bonchev–Trinajstić information content (AvgIpc) is 2.47. The second-order valence-electron chi connectivity index (χ2n) is 5.79. The van der Waals surface area contributed by atoms with Gasteiger partial charge in [0.1, 0.15) is 5.58 Å². The molecule has 124 valence electrons. The molecule has 0 aliphatic rings. The highest BCUT2D eigenvalue weighted by atomic mass is 16.7. The lowest BCUT2D eigenvalue weighted by atomic mass is 9.97. The van der Waals surface area contributed by atoms with Crippen LogP contribution in [-0.4, -0.2) is 21.4 Å². The normalized spacial score (nSPS) is 11.8. The van der Waals surface area contributed by atoms with Crippen LogP contribution in [0.3, 0.4) is 0 Å². The molecule has 0 radical (unpaired) electrons. The van der Waals surface area contributed by atoms with E-state index < -0.39 is 17.2 Å². The van der Waals surface area contributed by atoms with Gasteiger partial charge >= 0.3 is 6.16 Å². The quantitative estimate of drug-likeness (QED) is 0.480. The van der Waals surface area contributed by atoms with Crippen LogP contribution in [-0.2, 0) is 5.60 Å². The number of nitrogens with two attached hydrogens (primary N) is 1. The summed E-state index contributed by atoms with van der Waals surface area (Å²) in [4.78, 5) is 27.2. The number of nitrogens with zero attached hydrogens (tertiary/aromatic N) is 1. The summed E-state index contributed by atoms with van der Waals surface area (Å²) in [5.74, 6) is -0.458. The molecule has 1 aromatic carbocycles.